The first-order chi connectivity index (χ1) is 8.03. The summed E-state index contributed by atoms with van der Waals surface area (Å²) in [5.74, 6) is 0.624. The highest BCUT2D eigenvalue weighted by Crippen LogP contribution is 2.38. The van der Waals surface area contributed by atoms with Crippen molar-refractivity contribution in [3.8, 4) is 0 Å². The minimum atomic E-state index is -0.154. The van der Waals surface area contributed by atoms with Gasteiger partial charge in [-0.1, -0.05) is 33.1 Å². The van der Waals surface area contributed by atoms with E-state index in [4.69, 9.17) is 0 Å². The van der Waals surface area contributed by atoms with Crippen molar-refractivity contribution in [1.82, 2.24) is 4.90 Å². The normalized spacial score (nSPS) is 29.2. The predicted molar refractivity (Wildman–Crippen MR) is 66.6 cm³/mol. The number of amides is 1. The molecule has 0 aromatic rings. The smallest absolute Gasteiger partial charge is 0.228 e. The van der Waals surface area contributed by atoms with E-state index in [9.17, 15) is 9.59 Å². The Morgan fingerprint density at radius 2 is 1.94 bits per heavy atom. The van der Waals surface area contributed by atoms with Crippen LogP contribution in [0, 0.1) is 11.3 Å². The lowest BCUT2D eigenvalue weighted by Crippen LogP contribution is -2.49. The van der Waals surface area contributed by atoms with Gasteiger partial charge in [-0.2, -0.15) is 0 Å². The zero-order valence-electron chi connectivity index (χ0n) is 11.0. The molecular formula is C14H23NO2. The molecule has 1 atom stereocenters. The first-order valence-electron chi connectivity index (χ1n) is 6.85. The molecule has 1 aliphatic carbocycles. The fourth-order valence-corrected chi connectivity index (χ4v) is 3.13. The number of piperidine rings is 1. The maximum absolute atomic E-state index is 12.5. The Bertz CT molecular complexity index is 318. The molecule has 2 aliphatic rings. The average molecular weight is 237 g/mol. The maximum atomic E-state index is 12.5. The molecule has 2 fully saturated rings. The Labute approximate surface area is 104 Å². The zero-order chi connectivity index (χ0) is 12.5. The van der Waals surface area contributed by atoms with Crippen molar-refractivity contribution in [1.29, 1.82) is 0 Å². The van der Waals surface area contributed by atoms with E-state index < -0.39 is 0 Å². The fraction of sp³-hybridized carbons (Fsp3) is 0.857. The number of ketones is 1. The van der Waals surface area contributed by atoms with E-state index in [-0.39, 0.29) is 17.2 Å². The van der Waals surface area contributed by atoms with Crippen molar-refractivity contribution in [2.75, 3.05) is 13.1 Å². The standard InChI is InChI=1S/C14H23NO2/c1-11-10-15(9-6-12(11)16)13(17)14(2)7-4-3-5-8-14/h11H,3-10H2,1-2H3. The molecule has 96 valence electrons. The fourth-order valence-electron chi connectivity index (χ4n) is 3.13. The van der Waals surface area contributed by atoms with Gasteiger partial charge < -0.3 is 4.90 Å². The number of carbonyl (C=O) groups is 2. The molecule has 3 heteroatoms. The summed E-state index contributed by atoms with van der Waals surface area (Å²) in [5, 5.41) is 0. The molecule has 1 amide bonds. The topological polar surface area (TPSA) is 37.4 Å². The Morgan fingerprint density at radius 1 is 1.29 bits per heavy atom. The Balaban J connectivity index is 2.02. The monoisotopic (exact) mass is 237 g/mol. The van der Waals surface area contributed by atoms with Crippen LogP contribution in [0.1, 0.15) is 52.4 Å². The summed E-state index contributed by atoms with van der Waals surface area (Å²) in [6.07, 6.45) is 6.19. The first-order valence-corrected chi connectivity index (χ1v) is 6.85. The van der Waals surface area contributed by atoms with Crippen LogP contribution in [0.15, 0.2) is 0 Å². The Morgan fingerprint density at radius 3 is 2.53 bits per heavy atom. The molecule has 0 aromatic heterocycles. The third kappa shape index (κ3) is 2.53. The second-order valence-corrected chi connectivity index (χ2v) is 5.99. The molecule has 1 saturated heterocycles. The lowest BCUT2D eigenvalue weighted by molar-refractivity contribution is -0.146. The molecular weight excluding hydrogens is 214 g/mol. The minimum absolute atomic E-state index is 0.0277. The van der Waals surface area contributed by atoms with E-state index in [0.717, 1.165) is 12.8 Å². The molecule has 1 saturated carbocycles. The number of carbonyl (C=O) groups excluding carboxylic acids is 2. The number of Topliss-reactive ketones (excluding diaryl/α,β-unsaturated/α-hetero) is 1. The first kappa shape index (κ1) is 12.6. The molecule has 1 aliphatic heterocycles. The Kier molecular flexibility index (Phi) is 3.55. The van der Waals surface area contributed by atoms with Crippen molar-refractivity contribution >= 4 is 11.7 Å². The summed E-state index contributed by atoms with van der Waals surface area (Å²) in [6, 6.07) is 0. The van der Waals surface area contributed by atoms with E-state index in [1.54, 1.807) is 0 Å². The van der Waals surface area contributed by atoms with Crippen LogP contribution in [0.25, 0.3) is 0 Å². The van der Waals surface area contributed by atoms with Crippen molar-refractivity contribution in [2.45, 2.75) is 52.4 Å². The predicted octanol–water partition coefficient (Wildman–Crippen LogP) is 2.39. The number of hydrogen-bond acceptors (Lipinski definition) is 2. The van der Waals surface area contributed by atoms with Gasteiger partial charge in [-0.25, -0.2) is 0 Å². The van der Waals surface area contributed by atoms with Gasteiger partial charge >= 0.3 is 0 Å². The summed E-state index contributed by atoms with van der Waals surface area (Å²) >= 11 is 0. The van der Waals surface area contributed by atoms with Crippen LogP contribution >= 0.6 is 0 Å². The van der Waals surface area contributed by atoms with Crippen LogP contribution in [0.4, 0.5) is 0 Å². The lowest BCUT2D eigenvalue weighted by Gasteiger charge is -2.39. The van der Waals surface area contributed by atoms with Crippen LogP contribution in [0.2, 0.25) is 0 Å². The molecule has 3 nitrogen and oxygen atoms in total. The highest BCUT2D eigenvalue weighted by atomic mass is 16.2. The zero-order valence-corrected chi connectivity index (χ0v) is 11.0. The highest BCUT2D eigenvalue weighted by Gasteiger charge is 2.39. The summed E-state index contributed by atoms with van der Waals surface area (Å²) in [7, 11) is 0. The SMILES string of the molecule is CC1CN(C(=O)C2(C)CCCCC2)CCC1=O. The molecule has 0 bridgehead atoms. The van der Waals surface area contributed by atoms with Crippen LogP contribution in [-0.2, 0) is 9.59 Å². The molecule has 1 unspecified atom stereocenters. The van der Waals surface area contributed by atoms with Crippen molar-refractivity contribution in [3.63, 3.8) is 0 Å². The van der Waals surface area contributed by atoms with Crippen molar-refractivity contribution in [2.24, 2.45) is 11.3 Å². The molecule has 17 heavy (non-hydrogen) atoms. The van der Waals surface area contributed by atoms with Gasteiger partial charge in [0.15, 0.2) is 0 Å². The van der Waals surface area contributed by atoms with Crippen molar-refractivity contribution < 1.29 is 9.59 Å². The van der Waals surface area contributed by atoms with E-state index in [1.165, 1.54) is 19.3 Å². The number of nitrogens with zero attached hydrogens (tertiary/aromatic N) is 1. The molecule has 0 radical (unpaired) electrons. The van der Waals surface area contributed by atoms with Gasteiger partial charge in [0.05, 0.1) is 0 Å². The lowest BCUT2D eigenvalue weighted by atomic mass is 9.74. The number of likely N-dealkylation sites (tertiary alicyclic amines) is 1. The highest BCUT2D eigenvalue weighted by molar-refractivity contribution is 5.87. The number of rotatable bonds is 1. The second kappa shape index (κ2) is 4.79. The van der Waals surface area contributed by atoms with Crippen molar-refractivity contribution in [3.05, 3.63) is 0 Å². The molecule has 0 N–H and O–H groups in total. The van der Waals surface area contributed by atoms with Crippen LogP contribution < -0.4 is 0 Å². The van der Waals surface area contributed by atoms with Gasteiger partial charge in [-0.05, 0) is 12.8 Å². The summed E-state index contributed by atoms with van der Waals surface area (Å²) in [6.45, 7) is 5.31. The largest absolute Gasteiger partial charge is 0.341 e. The van der Waals surface area contributed by atoms with Gasteiger partial charge in [0, 0.05) is 30.8 Å². The minimum Gasteiger partial charge on any atom is -0.341 e. The van der Waals surface area contributed by atoms with E-state index in [2.05, 4.69) is 6.92 Å². The number of hydrogen-bond donors (Lipinski definition) is 0. The molecule has 0 spiro atoms. The molecule has 0 aromatic carbocycles. The third-order valence-electron chi connectivity index (χ3n) is 4.43. The second-order valence-electron chi connectivity index (χ2n) is 5.99. The summed E-state index contributed by atoms with van der Waals surface area (Å²) < 4.78 is 0. The molecule has 2 rings (SSSR count). The molecule has 1 heterocycles. The maximum Gasteiger partial charge on any atom is 0.228 e. The quantitative estimate of drug-likeness (QED) is 0.702. The van der Waals surface area contributed by atoms with Crippen LogP contribution in [0.5, 0.6) is 0 Å². The summed E-state index contributed by atoms with van der Waals surface area (Å²) in [5.41, 5.74) is -0.154. The van der Waals surface area contributed by atoms with Gasteiger partial charge in [0.25, 0.3) is 0 Å². The van der Waals surface area contributed by atoms with E-state index >= 15 is 0 Å². The third-order valence-corrected chi connectivity index (χ3v) is 4.43. The van der Waals surface area contributed by atoms with Gasteiger partial charge in [-0.3, -0.25) is 9.59 Å². The van der Waals surface area contributed by atoms with Gasteiger partial charge in [0.2, 0.25) is 5.91 Å². The van der Waals surface area contributed by atoms with Crippen LogP contribution in [-0.4, -0.2) is 29.7 Å². The van der Waals surface area contributed by atoms with Gasteiger partial charge in [-0.15, -0.1) is 0 Å². The van der Waals surface area contributed by atoms with Gasteiger partial charge in [0.1, 0.15) is 5.78 Å². The summed E-state index contributed by atoms with van der Waals surface area (Å²) in [4.78, 5) is 26.0. The van der Waals surface area contributed by atoms with Crippen LogP contribution in [0.3, 0.4) is 0 Å². The van der Waals surface area contributed by atoms with E-state index in [0.29, 0.717) is 25.3 Å². The average Bonchev–Trinajstić information content (AvgIpc) is 2.33. The Hall–Kier alpha value is -0.860. The van der Waals surface area contributed by atoms with E-state index in [1.807, 2.05) is 11.8 Å².